The van der Waals surface area contributed by atoms with Gasteiger partial charge in [-0.3, -0.25) is 14.2 Å². The van der Waals surface area contributed by atoms with E-state index in [1.807, 2.05) is 0 Å². The van der Waals surface area contributed by atoms with Crippen molar-refractivity contribution in [1.82, 2.24) is 4.90 Å². The minimum Gasteiger partial charge on any atom is -0.497 e. The first-order valence-corrected chi connectivity index (χ1v) is 13.3. The number of methoxy groups -OCH3 is 2. The molecule has 0 aliphatic rings. The molecule has 0 saturated heterocycles. The Balaban J connectivity index is 2.28. The highest BCUT2D eigenvalue weighted by molar-refractivity contribution is 8.02. The monoisotopic (exact) mass is 569 g/mol. The number of ether oxygens (including phenoxy) is 3. The molecule has 0 atom stereocenters. The van der Waals surface area contributed by atoms with E-state index in [0.29, 0.717) is 45.4 Å². The zero-order valence-electron chi connectivity index (χ0n) is 19.4. The van der Waals surface area contributed by atoms with Crippen molar-refractivity contribution in [1.29, 1.82) is 0 Å². The van der Waals surface area contributed by atoms with Gasteiger partial charge in [-0.1, -0.05) is 0 Å². The molecule has 0 radical (unpaired) electrons. The van der Waals surface area contributed by atoms with Gasteiger partial charge in [0.1, 0.15) is 24.3 Å². The predicted molar refractivity (Wildman–Crippen MR) is 127 cm³/mol. The van der Waals surface area contributed by atoms with E-state index in [-0.39, 0.29) is 11.5 Å². The summed E-state index contributed by atoms with van der Waals surface area (Å²) < 4.78 is 78.6. The van der Waals surface area contributed by atoms with Crippen LogP contribution in [0.3, 0.4) is 0 Å². The van der Waals surface area contributed by atoms with Crippen LogP contribution < -0.4 is 9.47 Å². The lowest BCUT2D eigenvalue weighted by atomic mass is 10.3. The summed E-state index contributed by atoms with van der Waals surface area (Å²) in [5.74, 6) is -2.45. The molecule has 0 saturated carbocycles. The number of carbonyl (C=O) groups is 2. The molecule has 0 N–H and O–H groups in total. The molecule has 0 spiro atoms. The molecule has 0 aliphatic carbocycles. The lowest BCUT2D eigenvalue weighted by Gasteiger charge is -2.26. The van der Waals surface area contributed by atoms with Gasteiger partial charge >= 0.3 is 25.6 Å². The Morgan fingerprint density at radius 2 is 1.33 bits per heavy atom. The molecule has 1 amide bonds. The van der Waals surface area contributed by atoms with Crippen LogP contribution in [0.25, 0.3) is 0 Å². The van der Waals surface area contributed by atoms with E-state index in [2.05, 4.69) is 4.74 Å². The van der Waals surface area contributed by atoms with E-state index in [1.165, 1.54) is 21.1 Å². The smallest absolute Gasteiger partial charge is 0.471 e. The Hall–Kier alpha value is -2.38. The Labute approximate surface area is 214 Å². The molecule has 0 unspecified atom stereocenters. The van der Waals surface area contributed by atoms with E-state index in [1.54, 1.807) is 48.5 Å². The minimum absolute atomic E-state index is 0.0297. The first-order valence-electron chi connectivity index (χ1n) is 10.1. The molecule has 0 heterocycles. The van der Waals surface area contributed by atoms with Crippen molar-refractivity contribution in [3.8, 4) is 11.5 Å². The molecular weight excluding hydrogens is 546 g/mol. The second-order valence-electron chi connectivity index (χ2n) is 6.73. The van der Waals surface area contributed by atoms with Crippen molar-refractivity contribution in [3.63, 3.8) is 0 Å². The maximum Gasteiger partial charge on any atom is 0.471 e. The standard InChI is InChI=1S/C21H23F3NO8PS2/c1-4-31-19(26)13-25(20(27)21(22,23)24)14-34(28,32-35-17-9-5-15(29-2)6-10-17)33-36-18-11-7-16(30-3)8-12-18/h5-12H,4,13-14H2,1-3H3. The molecule has 0 bridgehead atoms. The quantitative estimate of drug-likeness (QED) is 0.173. The number of alkyl halides is 3. The van der Waals surface area contributed by atoms with Crippen molar-refractivity contribution in [3.05, 3.63) is 48.5 Å². The summed E-state index contributed by atoms with van der Waals surface area (Å²) >= 11 is 1.13. The molecule has 198 valence electrons. The topological polar surface area (TPSA) is 101 Å². The highest BCUT2D eigenvalue weighted by Crippen LogP contribution is 2.57. The van der Waals surface area contributed by atoms with Crippen LogP contribution in [-0.4, -0.2) is 56.6 Å². The van der Waals surface area contributed by atoms with Gasteiger partial charge < -0.3 is 19.1 Å². The Bertz CT molecular complexity index is 999. The molecule has 9 nitrogen and oxygen atoms in total. The number of halogens is 3. The van der Waals surface area contributed by atoms with E-state index >= 15 is 0 Å². The molecule has 2 aromatic carbocycles. The molecular formula is C21H23F3NO8PS2. The lowest BCUT2D eigenvalue weighted by Crippen LogP contribution is -2.44. The van der Waals surface area contributed by atoms with Crippen LogP contribution in [0, 0.1) is 0 Å². The number of rotatable bonds is 13. The molecule has 36 heavy (non-hydrogen) atoms. The highest BCUT2D eigenvalue weighted by Gasteiger charge is 2.46. The average Bonchev–Trinajstić information content (AvgIpc) is 2.86. The fourth-order valence-corrected chi connectivity index (χ4v) is 5.90. The van der Waals surface area contributed by atoms with Crippen molar-refractivity contribution in [2.75, 3.05) is 33.7 Å². The van der Waals surface area contributed by atoms with E-state index in [0.717, 1.165) is 0 Å². The van der Waals surface area contributed by atoms with Crippen molar-refractivity contribution in [2.24, 2.45) is 0 Å². The van der Waals surface area contributed by atoms with Crippen LogP contribution in [0.5, 0.6) is 11.5 Å². The summed E-state index contributed by atoms with van der Waals surface area (Å²) in [5, 5.41) is 0. The molecule has 0 fully saturated rings. The van der Waals surface area contributed by atoms with Gasteiger partial charge in [-0.15, -0.1) is 0 Å². The number of hydrogen-bond acceptors (Lipinski definition) is 10. The summed E-state index contributed by atoms with van der Waals surface area (Å²) in [6, 6.07) is 12.6. The van der Waals surface area contributed by atoms with Gasteiger partial charge in [-0.05, 0) is 55.5 Å². The predicted octanol–water partition coefficient (Wildman–Crippen LogP) is 5.56. The van der Waals surface area contributed by atoms with E-state index in [4.69, 9.17) is 17.4 Å². The van der Waals surface area contributed by atoms with Crippen LogP contribution in [-0.2, 0) is 26.8 Å². The zero-order chi connectivity index (χ0) is 26.8. The normalized spacial score (nSPS) is 11.6. The van der Waals surface area contributed by atoms with Crippen LogP contribution in [0.2, 0.25) is 0 Å². The SMILES string of the molecule is CCOC(=O)CN(CP(=O)(OSc1ccc(OC)cc1)OSc1ccc(OC)cc1)C(=O)C(F)(F)F. The number of carbonyl (C=O) groups excluding carboxylic acids is 2. The number of nitrogens with zero attached hydrogens (tertiary/aromatic N) is 1. The summed E-state index contributed by atoms with van der Waals surface area (Å²) in [6.07, 6.45) is -6.51. The first-order chi connectivity index (χ1) is 17.0. The summed E-state index contributed by atoms with van der Waals surface area (Å²) in [5.41, 5.74) is 0. The Kier molecular flexibility index (Phi) is 11.4. The van der Waals surface area contributed by atoms with Crippen LogP contribution >= 0.6 is 31.7 Å². The van der Waals surface area contributed by atoms with Crippen molar-refractivity contribution in [2.45, 2.75) is 22.9 Å². The van der Waals surface area contributed by atoms with Gasteiger partial charge in [-0.2, -0.15) is 13.2 Å². The Morgan fingerprint density at radius 3 is 1.69 bits per heavy atom. The number of esters is 1. The third-order valence-corrected chi connectivity index (χ3v) is 8.14. The van der Waals surface area contributed by atoms with Gasteiger partial charge in [0.05, 0.1) is 20.8 Å². The average molecular weight is 570 g/mol. The molecule has 15 heteroatoms. The van der Waals surface area contributed by atoms with E-state index < -0.39 is 38.5 Å². The molecule has 0 aliphatic heterocycles. The van der Waals surface area contributed by atoms with Crippen LogP contribution in [0.4, 0.5) is 13.2 Å². The van der Waals surface area contributed by atoms with Gasteiger partial charge in [-0.25, -0.2) is 7.94 Å². The third kappa shape index (κ3) is 9.58. The molecule has 2 rings (SSSR count). The Morgan fingerprint density at radius 1 is 0.889 bits per heavy atom. The number of amides is 1. The number of hydrogen-bond donors (Lipinski definition) is 0. The molecule has 2 aromatic rings. The van der Waals surface area contributed by atoms with Crippen molar-refractivity contribution >= 4 is 43.6 Å². The van der Waals surface area contributed by atoms with Crippen molar-refractivity contribution < 1.29 is 49.5 Å². The zero-order valence-corrected chi connectivity index (χ0v) is 21.9. The fraction of sp³-hybridized carbons (Fsp3) is 0.333. The van der Waals surface area contributed by atoms with Gasteiger partial charge in [0.2, 0.25) is 0 Å². The van der Waals surface area contributed by atoms with Crippen LogP contribution in [0.15, 0.2) is 58.3 Å². The second-order valence-corrected chi connectivity index (χ2v) is 10.7. The summed E-state index contributed by atoms with van der Waals surface area (Å²) in [7, 11) is -1.55. The largest absolute Gasteiger partial charge is 0.497 e. The third-order valence-electron chi connectivity index (χ3n) is 4.11. The maximum atomic E-state index is 13.5. The van der Waals surface area contributed by atoms with Crippen LogP contribution in [0.1, 0.15) is 6.92 Å². The van der Waals surface area contributed by atoms with E-state index in [9.17, 15) is 27.3 Å². The maximum absolute atomic E-state index is 13.5. The fourth-order valence-electron chi connectivity index (χ4n) is 2.46. The second kappa shape index (κ2) is 13.8. The summed E-state index contributed by atoms with van der Waals surface area (Å²) in [4.78, 5) is 24.7. The highest BCUT2D eigenvalue weighted by atomic mass is 32.2. The van der Waals surface area contributed by atoms with Gasteiger partial charge in [0.15, 0.2) is 0 Å². The first kappa shape index (κ1) is 29.8. The van der Waals surface area contributed by atoms with Gasteiger partial charge in [0, 0.05) is 33.9 Å². The lowest BCUT2D eigenvalue weighted by molar-refractivity contribution is -0.186. The number of benzene rings is 2. The minimum atomic E-state index is -5.34. The molecule has 0 aromatic heterocycles. The van der Waals surface area contributed by atoms with Gasteiger partial charge in [0.25, 0.3) is 0 Å². The summed E-state index contributed by atoms with van der Waals surface area (Å²) in [6.45, 7) is 0.212.